The van der Waals surface area contributed by atoms with E-state index in [1.165, 1.54) is 5.56 Å². The maximum absolute atomic E-state index is 13.3. The number of amides is 1. The van der Waals surface area contributed by atoms with Crippen LogP contribution in [-0.4, -0.2) is 63.9 Å². The Kier molecular flexibility index (Phi) is 5.99. The molecule has 0 bridgehead atoms. The zero-order chi connectivity index (χ0) is 27.1. The summed E-state index contributed by atoms with van der Waals surface area (Å²) in [4.78, 5) is 31.3. The second-order valence-electron chi connectivity index (χ2n) is 9.93. The third-order valence-corrected chi connectivity index (χ3v) is 7.27. The fourth-order valence-corrected chi connectivity index (χ4v) is 5.11. The summed E-state index contributed by atoms with van der Waals surface area (Å²) in [6.07, 6.45) is 4.04. The molecule has 0 radical (unpaired) electrons. The molecule has 0 spiro atoms. The van der Waals surface area contributed by atoms with E-state index in [4.69, 9.17) is 24.0 Å². The molecule has 2 aliphatic rings. The minimum atomic E-state index is -0.0353. The number of hydrogen-bond acceptors (Lipinski definition) is 9. The van der Waals surface area contributed by atoms with Gasteiger partial charge in [0.2, 0.25) is 6.79 Å². The zero-order valence-corrected chi connectivity index (χ0v) is 21.9. The standard InChI is InChI=1S/C30H26N6O4/c1-19-4-6-20(7-5-19)15-25-32-28(26-27(34-40-29(26)33-25)22-3-2-10-31-17-22)35-11-13-36(14-12-35)30(37)21-8-9-23-24(16-21)39-18-38-23/h2-10,16-17H,11-15,18H2,1H3. The van der Waals surface area contributed by atoms with E-state index >= 15 is 0 Å². The highest BCUT2D eigenvalue weighted by Gasteiger charge is 2.28. The monoisotopic (exact) mass is 534 g/mol. The molecule has 7 rings (SSSR count). The minimum absolute atomic E-state index is 0.0353. The van der Waals surface area contributed by atoms with E-state index in [0.717, 1.165) is 22.3 Å². The number of anilines is 1. The van der Waals surface area contributed by atoms with Gasteiger partial charge in [-0.2, -0.15) is 4.98 Å². The first-order valence-corrected chi connectivity index (χ1v) is 13.2. The summed E-state index contributed by atoms with van der Waals surface area (Å²) in [5.41, 5.74) is 4.81. The largest absolute Gasteiger partial charge is 0.454 e. The number of fused-ring (bicyclic) bond motifs is 2. The summed E-state index contributed by atoms with van der Waals surface area (Å²) >= 11 is 0. The molecule has 0 saturated carbocycles. The molecule has 10 nitrogen and oxygen atoms in total. The molecule has 10 heteroatoms. The van der Waals surface area contributed by atoms with Crippen LogP contribution in [0.1, 0.15) is 27.3 Å². The number of aromatic nitrogens is 4. The summed E-state index contributed by atoms with van der Waals surface area (Å²) in [5.74, 6) is 2.63. The Labute approximate surface area is 230 Å². The number of carbonyl (C=O) groups is 1. The zero-order valence-electron chi connectivity index (χ0n) is 21.9. The van der Waals surface area contributed by atoms with E-state index in [2.05, 4.69) is 46.2 Å². The summed E-state index contributed by atoms with van der Waals surface area (Å²) in [6.45, 7) is 4.53. The summed E-state index contributed by atoms with van der Waals surface area (Å²) in [6, 6.07) is 17.5. The maximum Gasteiger partial charge on any atom is 0.263 e. The second-order valence-corrected chi connectivity index (χ2v) is 9.93. The fraction of sp³-hybridized carbons (Fsp3) is 0.233. The minimum Gasteiger partial charge on any atom is -0.454 e. The number of rotatable bonds is 5. The van der Waals surface area contributed by atoms with Gasteiger partial charge >= 0.3 is 0 Å². The van der Waals surface area contributed by atoms with E-state index in [1.807, 2.05) is 17.0 Å². The summed E-state index contributed by atoms with van der Waals surface area (Å²) in [7, 11) is 0. The van der Waals surface area contributed by atoms with Crippen molar-refractivity contribution >= 4 is 22.8 Å². The summed E-state index contributed by atoms with van der Waals surface area (Å²) < 4.78 is 16.6. The van der Waals surface area contributed by atoms with Gasteiger partial charge in [-0.15, -0.1) is 0 Å². The van der Waals surface area contributed by atoms with Crippen molar-refractivity contribution in [2.45, 2.75) is 13.3 Å². The number of benzene rings is 2. The van der Waals surface area contributed by atoms with Gasteiger partial charge in [-0.25, -0.2) is 4.98 Å². The number of carbonyl (C=O) groups excluding carboxylic acids is 1. The van der Waals surface area contributed by atoms with Crippen LogP contribution >= 0.6 is 0 Å². The van der Waals surface area contributed by atoms with Gasteiger partial charge in [0.15, 0.2) is 11.5 Å². The van der Waals surface area contributed by atoms with Crippen LogP contribution in [0.5, 0.6) is 11.5 Å². The maximum atomic E-state index is 13.3. The number of ether oxygens (including phenoxy) is 2. The molecule has 5 heterocycles. The van der Waals surface area contributed by atoms with Crippen LogP contribution in [0, 0.1) is 6.92 Å². The Bertz CT molecular complexity index is 1700. The van der Waals surface area contributed by atoms with Gasteiger partial charge < -0.3 is 23.8 Å². The van der Waals surface area contributed by atoms with Crippen molar-refractivity contribution in [2.24, 2.45) is 0 Å². The Balaban J connectivity index is 1.19. The lowest BCUT2D eigenvalue weighted by Crippen LogP contribution is -2.49. The number of hydrogen-bond donors (Lipinski definition) is 0. The van der Waals surface area contributed by atoms with Gasteiger partial charge in [0, 0.05) is 56.1 Å². The molecule has 1 saturated heterocycles. The molecular weight excluding hydrogens is 508 g/mol. The first-order chi connectivity index (χ1) is 19.6. The number of aryl methyl sites for hydroxylation is 1. The predicted molar refractivity (Wildman–Crippen MR) is 147 cm³/mol. The van der Waals surface area contributed by atoms with Gasteiger partial charge in [-0.1, -0.05) is 35.0 Å². The van der Waals surface area contributed by atoms with Crippen LogP contribution in [0.4, 0.5) is 5.82 Å². The van der Waals surface area contributed by atoms with Crippen molar-refractivity contribution in [1.29, 1.82) is 0 Å². The highest BCUT2D eigenvalue weighted by atomic mass is 16.7. The van der Waals surface area contributed by atoms with Crippen LogP contribution < -0.4 is 14.4 Å². The third-order valence-electron chi connectivity index (χ3n) is 7.27. The van der Waals surface area contributed by atoms with Crippen molar-refractivity contribution in [2.75, 3.05) is 37.9 Å². The van der Waals surface area contributed by atoms with Crippen molar-refractivity contribution in [3.63, 3.8) is 0 Å². The molecule has 3 aromatic heterocycles. The van der Waals surface area contributed by atoms with Crippen molar-refractivity contribution in [1.82, 2.24) is 25.0 Å². The molecule has 1 fully saturated rings. The molecule has 1 amide bonds. The molecule has 40 heavy (non-hydrogen) atoms. The molecule has 0 atom stereocenters. The highest BCUT2D eigenvalue weighted by Crippen LogP contribution is 2.35. The van der Waals surface area contributed by atoms with Gasteiger partial charge in [0.25, 0.3) is 11.6 Å². The number of piperazine rings is 1. The summed E-state index contributed by atoms with van der Waals surface area (Å²) in [5, 5.41) is 5.11. The normalized spacial score (nSPS) is 14.6. The van der Waals surface area contributed by atoms with Gasteiger partial charge in [-0.05, 0) is 42.8 Å². The molecule has 2 aromatic carbocycles. The van der Waals surface area contributed by atoms with Crippen molar-refractivity contribution in [3.8, 4) is 22.8 Å². The van der Waals surface area contributed by atoms with Gasteiger partial charge in [-0.3, -0.25) is 9.78 Å². The lowest BCUT2D eigenvalue weighted by atomic mass is 10.1. The molecule has 200 valence electrons. The Morgan fingerprint density at radius 2 is 1.77 bits per heavy atom. The second kappa shape index (κ2) is 9.96. The molecule has 0 aliphatic carbocycles. The smallest absolute Gasteiger partial charge is 0.263 e. The van der Waals surface area contributed by atoms with Crippen LogP contribution in [0.3, 0.4) is 0 Å². The van der Waals surface area contributed by atoms with E-state index in [9.17, 15) is 4.79 Å². The van der Waals surface area contributed by atoms with Crippen LogP contribution in [-0.2, 0) is 6.42 Å². The first-order valence-electron chi connectivity index (χ1n) is 13.2. The lowest BCUT2D eigenvalue weighted by molar-refractivity contribution is 0.0746. The van der Waals surface area contributed by atoms with E-state index in [0.29, 0.717) is 66.9 Å². The molecule has 0 N–H and O–H groups in total. The van der Waals surface area contributed by atoms with Crippen molar-refractivity contribution < 1.29 is 18.8 Å². The number of pyridine rings is 1. The van der Waals surface area contributed by atoms with E-state index in [-0.39, 0.29) is 12.7 Å². The predicted octanol–water partition coefficient (Wildman–Crippen LogP) is 4.27. The average molecular weight is 535 g/mol. The third kappa shape index (κ3) is 4.47. The average Bonchev–Trinajstić information content (AvgIpc) is 3.65. The molecule has 2 aliphatic heterocycles. The molecular formula is C30H26N6O4. The van der Waals surface area contributed by atoms with Crippen molar-refractivity contribution in [3.05, 3.63) is 89.5 Å². The SMILES string of the molecule is Cc1ccc(Cc2nc(N3CCN(C(=O)c4ccc5c(c4)OCO5)CC3)c3c(-c4cccnc4)noc3n2)cc1. The van der Waals surface area contributed by atoms with E-state index in [1.54, 1.807) is 30.6 Å². The highest BCUT2D eigenvalue weighted by molar-refractivity contribution is 5.98. The quantitative estimate of drug-likeness (QED) is 0.327. The fourth-order valence-electron chi connectivity index (χ4n) is 5.11. The molecule has 5 aromatic rings. The number of nitrogens with zero attached hydrogens (tertiary/aromatic N) is 6. The van der Waals surface area contributed by atoms with Crippen LogP contribution in [0.15, 0.2) is 71.5 Å². The Morgan fingerprint density at radius 3 is 2.58 bits per heavy atom. The van der Waals surface area contributed by atoms with Gasteiger partial charge in [0.05, 0.1) is 0 Å². The van der Waals surface area contributed by atoms with Crippen LogP contribution in [0.25, 0.3) is 22.4 Å². The van der Waals surface area contributed by atoms with E-state index < -0.39 is 0 Å². The topological polar surface area (TPSA) is 107 Å². The lowest BCUT2D eigenvalue weighted by Gasteiger charge is -2.35. The molecule has 0 unspecified atom stereocenters. The Morgan fingerprint density at radius 1 is 0.950 bits per heavy atom. The van der Waals surface area contributed by atoms with Crippen LogP contribution in [0.2, 0.25) is 0 Å². The Hall–Kier alpha value is -4.99. The van der Waals surface area contributed by atoms with Gasteiger partial charge in [0.1, 0.15) is 22.7 Å². The first kappa shape index (κ1) is 24.1.